The molecule has 1 unspecified atom stereocenters. The molecule has 0 spiro atoms. The van der Waals surface area contributed by atoms with Crippen molar-refractivity contribution in [2.24, 2.45) is 10.9 Å². The van der Waals surface area contributed by atoms with Gasteiger partial charge in [-0.1, -0.05) is 11.2 Å². The van der Waals surface area contributed by atoms with Crippen molar-refractivity contribution >= 4 is 17.2 Å². The van der Waals surface area contributed by atoms with Crippen molar-refractivity contribution in [2.45, 2.75) is 25.8 Å². The van der Waals surface area contributed by atoms with Crippen LogP contribution in [0.1, 0.15) is 30.7 Å². The molecule has 0 aliphatic heterocycles. The van der Waals surface area contributed by atoms with E-state index < -0.39 is 0 Å². The molecule has 3 N–H and O–H groups in total. The monoisotopic (exact) mass is 241 g/mol. The Morgan fingerprint density at radius 3 is 3.00 bits per heavy atom. The van der Waals surface area contributed by atoms with Gasteiger partial charge in [-0.05, 0) is 38.4 Å². The summed E-state index contributed by atoms with van der Waals surface area (Å²) in [6, 6.07) is 4.64. The highest BCUT2D eigenvalue weighted by Gasteiger charge is 2.11. The van der Waals surface area contributed by atoms with E-state index in [2.05, 4.69) is 41.5 Å². The molecule has 0 bridgehead atoms. The molecule has 0 fully saturated rings. The summed E-state index contributed by atoms with van der Waals surface area (Å²) in [6.07, 6.45) is 1.54. The van der Waals surface area contributed by atoms with Gasteiger partial charge in [0.1, 0.15) is 5.84 Å². The van der Waals surface area contributed by atoms with Gasteiger partial charge >= 0.3 is 0 Å². The van der Waals surface area contributed by atoms with Gasteiger partial charge in [0.25, 0.3) is 0 Å². The van der Waals surface area contributed by atoms with Gasteiger partial charge in [0.2, 0.25) is 0 Å². The van der Waals surface area contributed by atoms with Crippen LogP contribution in [0, 0.1) is 0 Å². The number of thiophene rings is 1. The first kappa shape index (κ1) is 13.0. The lowest BCUT2D eigenvalue weighted by Crippen LogP contribution is -2.24. The molecule has 0 radical (unpaired) electrons. The third kappa shape index (κ3) is 3.83. The maximum Gasteiger partial charge on any atom is 0.139 e. The molecular formula is C11H19N3OS. The topological polar surface area (TPSA) is 61.8 Å². The first-order chi connectivity index (χ1) is 7.65. The first-order valence-corrected chi connectivity index (χ1v) is 6.23. The normalized spacial score (nSPS) is 14.3. The van der Waals surface area contributed by atoms with Crippen molar-refractivity contribution in [3.05, 3.63) is 22.4 Å². The molecule has 0 saturated heterocycles. The van der Waals surface area contributed by atoms with E-state index in [0.717, 1.165) is 13.0 Å². The quantitative estimate of drug-likeness (QED) is 0.347. The van der Waals surface area contributed by atoms with Crippen molar-refractivity contribution < 1.29 is 5.21 Å². The fourth-order valence-corrected chi connectivity index (χ4v) is 2.35. The van der Waals surface area contributed by atoms with Gasteiger partial charge in [0.15, 0.2) is 0 Å². The Labute approximate surface area is 100 Å². The number of hydrogen-bond acceptors (Lipinski definition) is 4. The van der Waals surface area contributed by atoms with Crippen LogP contribution in [0.3, 0.4) is 0 Å². The van der Waals surface area contributed by atoms with Crippen LogP contribution in [-0.2, 0) is 0 Å². The summed E-state index contributed by atoms with van der Waals surface area (Å²) in [5, 5.41) is 13.5. The predicted molar refractivity (Wildman–Crippen MR) is 68.0 cm³/mol. The van der Waals surface area contributed by atoms with Gasteiger partial charge in [-0.25, -0.2) is 0 Å². The molecule has 1 rings (SSSR count). The van der Waals surface area contributed by atoms with Crippen LogP contribution in [0.25, 0.3) is 0 Å². The fourth-order valence-electron chi connectivity index (χ4n) is 1.50. The van der Waals surface area contributed by atoms with Crippen LogP contribution in [0.5, 0.6) is 0 Å². The van der Waals surface area contributed by atoms with Crippen LogP contribution in [0.4, 0.5) is 0 Å². The van der Waals surface area contributed by atoms with Crippen molar-refractivity contribution in [2.75, 3.05) is 13.6 Å². The molecule has 1 atom stereocenters. The number of amidine groups is 1. The molecule has 16 heavy (non-hydrogen) atoms. The summed E-state index contributed by atoms with van der Waals surface area (Å²) >= 11 is 1.77. The maximum atomic E-state index is 8.41. The Hall–Kier alpha value is -1.07. The number of oxime groups is 1. The second-order valence-electron chi connectivity index (χ2n) is 3.87. The van der Waals surface area contributed by atoms with E-state index in [9.17, 15) is 0 Å². The number of nitrogens with zero attached hydrogens (tertiary/aromatic N) is 2. The Balaban J connectivity index is 2.32. The second kappa shape index (κ2) is 6.50. The highest BCUT2D eigenvalue weighted by molar-refractivity contribution is 7.10. The predicted octanol–water partition coefficient (Wildman–Crippen LogP) is 2.27. The van der Waals surface area contributed by atoms with E-state index in [1.807, 2.05) is 0 Å². The zero-order valence-electron chi connectivity index (χ0n) is 9.76. The van der Waals surface area contributed by atoms with Crippen molar-refractivity contribution in [1.29, 1.82) is 0 Å². The smallest absolute Gasteiger partial charge is 0.139 e. The van der Waals surface area contributed by atoms with Gasteiger partial charge < -0.3 is 10.9 Å². The van der Waals surface area contributed by atoms with E-state index >= 15 is 0 Å². The van der Waals surface area contributed by atoms with Crippen molar-refractivity contribution in [3.8, 4) is 0 Å². The number of rotatable bonds is 6. The summed E-state index contributed by atoms with van der Waals surface area (Å²) in [4.78, 5) is 3.64. The molecule has 1 heterocycles. The summed E-state index contributed by atoms with van der Waals surface area (Å²) in [5.41, 5.74) is 5.41. The van der Waals surface area contributed by atoms with Crippen LogP contribution in [0.2, 0.25) is 0 Å². The standard InChI is InChI=1S/C11H19N3OS/c1-9(10-5-4-8-16-10)14(2)7-3-6-11(12)13-15/h4-5,8-9,15H,3,6-7H2,1-2H3,(H2,12,13). The molecule has 5 heteroatoms. The largest absolute Gasteiger partial charge is 0.409 e. The molecule has 0 aliphatic rings. The molecule has 90 valence electrons. The molecule has 0 amide bonds. The van der Waals surface area contributed by atoms with Crippen LogP contribution in [0.15, 0.2) is 22.7 Å². The molecule has 1 aromatic heterocycles. The number of hydrogen-bond donors (Lipinski definition) is 2. The molecule has 1 aromatic rings. The maximum absolute atomic E-state index is 8.41. The fraction of sp³-hybridized carbons (Fsp3) is 0.545. The third-order valence-corrected chi connectivity index (χ3v) is 3.73. The molecule has 4 nitrogen and oxygen atoms in total. The average molecular weight is 241 g/mol. The molecule has 0 aliphatic carbocycles. The van der Waals surface area contributed by atoms with Crippen molar-refractivity contribution in [3.63, 3.8) is 0 Å². The molecule has 0 aromatic carbocycles. The number of nitrogens with two attached hydrogens (primary N) is 1. The zero-order valence-corrected chi connectivity index (χ0v) is 10.6. The summed E-state index contributed by atoms with van der Waals surface area (Å²) in [6.45, 7) is 3.13. The van der Waals surface area contributed by atoms with E-state index in [-0.39, 0.29) is 0 Å². The van der Waals surface area contributed by atoms with E-state index in [1.165, 1.54) is 4.88 Å². The van der Waals surface area contributed by atoms with Gasteiger partial charge in [0, 0.05) is 17.3 Å². The van der Waals surface area contributed by atoms with Gasteiger partial charge in [0.05, 0.1) is 0 Å². The lowest BCUT2D eigenvalue weighted by atomic mass is 10.2. The highest BCUT2D eigenvalue weighted by atomic mass is 32.1. The van der Waals surface area contributed by atoms with Crippen LogP contribution in [-0.4, -0.2) is 29.5 Å². The SMILES string of the molecule is CC(c1cccs1)N(C)CCCC(N)=NO. The lowest BCUT2D eigenvalue weighted by molar-refractivity contribution is 0.262. The molecule has 0 saturated carbocycles. The Bertz CT molecular complexity index is 324. The minimum atomic E-state index is 0.303. The van der Waals surface area contributed by atoms with E-state index in [0.29, 0.717) is 18.3 Å². The van der Waals surface area contributed by atoms with Crippen molar-refractivity contribution in [1.82, 2.24) is 4.90 Å². The second-order valence-corrected chi connectivity index (χ2v) is 4.85. The third-order valence-electron chi connectivity index (χ3n) is 2.69. The van der Waals surface area contributed by atoms with Gasteiger partial charge in [-0.3, -0.25) is 4.90 Å². The van der Waals surface area contributed by atoms with Crippen LogP contribution >= 0.6 is 11.3 Å². The minimum Gasteiger partial charge on any atom is -0.409 e. The Kier molecular flexibility index (Phi) is 5.28. The highest BCUT2D eigenvalue weighted by Crippen LogP contribution is 2.23. The summed E-state index contributed by atoms with van der Waals surface area (Å²) in [5.74, 6) is 0.303. The minimum absolute atomic E-state index is 0.303. The zero-order chi connectivity index (χ0) is 12.0. The molecular weight excluding hydrogens is 222 g/mol. The van der Waals surface area contributed by atoms with Gasteiger partial charge in [-0.15, -0.1) is 11.3 Å². The average Bonchev–Trinajstić information content (AvgIpc) is 2.81. The van der Waals surface area contributed by atoms with Gasteiger partial charge in [-0.2, -0.15) is 0 Å². The first-order valence-electron chi connectivity index (χ1n) is 5.35. The van der Waals surface area contributed by atoms with Crippen LogP contribution < -0.4 is 5.73 Å². The summed E-state index contributed by atoms with van der Waals surface area (Å²) in [7, 11) is 2.09. The summed E-state index contributed by atoms with van der Waals surface area (Å²) < 4.78 is 0. The van der Waals surface area contributed by atoms with E-state index in [1.54, 1.807) is 11.3 Å². The van der Waals surface area contributed by atoms with E-state index in [4.69, 9.17) is 10.9 Å². The Morgan fingerprint density at radius 2 is 2.44 bits per heavy atom. The lowest BCUT2D eigenvalue weighted by Gasteiger charge is -2.23. The Morgan fingerprint density at radius 1 is 1.69 bits per heavy atom.